The molecule has 0 bridgehead atoms. The summed E-state index contributed by atoms with van der Waals surface area (Å²) < 4.78 is 0. The number of halogens is 1. The van der Waals surface area contributed by atoms with Gasteiger partial charge in [0.1, 0.15) is 5.01 Å². The molecular formula is C25H32IN5S. The second-order valence-corrected chi connectivity index (χ2v) is 9.03. The van der Waals surface area contributed by atoms with E-state index in [2.05, 4.69) is 75.3 Å². The van der Waals surface area contributed by atoms with Gasteiger partial charge in [-0.05, 0) is 25.3 Å². The Hall–Kier alpha value is -1.97. The second-order valence-electron chi connectivity index (χ2n) is 8.09. The molecule has 0 radical (unpaired) electrons. The summed E-state index contributed by atoms with van der Waals surface area (Å²) in [6, 6.07) is 22.0. The van der Waals surface area contributed by atoms with Crippen molar-refractivity contribution in [1.29, 1.82) is 0 Å². The molecule has 2 heterocycles. The highest BCUT2D eigenvalue weighted by Crippen LogP contribution is 2.22. The van der Waals surface area contributed by atoms with Gasteiger partial charge in [-0.25, -0.2) is 4.98 Å². The average Bonchev–Trinajstić information content (AvgIpc) is 3.29. The number of likely N-dealkylation sites (tertiary alicyclic amines) is 1. The van der Waals surface area contributed by atoms with Crippen LogP contribution in [0.3, 0.4) is 0 Å². The molecule has 1 aliphatic rings. The fraction of sp³-hybridized carbons (Fsp3) is 0.360. The summed E-state index contributed by atoms with van der Waals surface area (Å²) >= 11 is 1.68. The molecule has 2 atom stereocenters. The Kier molecular flexibility index (Phi) is 9.50. The van der Waals surface area contributed by atoms with Gasteiger partial charge in [0, 0.05) is 43.2 Å². The van der Waals surface area contributed by atoms with Crippen LogP contribution >= 0.6 is 35.3 Å². The Balaban J connectivity index is 0.00000289. The Morgan fingerprint density at radius 2 is 1.84 bits per heavy atom. The van der Waals surface area contributed by atoms with Crippen LogP contribution in [0.5, 0.6) is 0 Å². The number of thiazole rings is 1. The lowest BCUT2D eigenvalue weighted by atomic mass is 9.97. The number of hydrogen-bond donors (Lipinski definition) is 2. The van der Waals surface area contributed by atoms with E-state index in [4.69, 9.17) is 4.98 Å². The molecule has 2 N–H and O–H groups in total. The van der Waals surface area contributed by atoms with Gasteiger partial charge in [0.15, 0.2) is 5.96 Å². The molecule has 170 valence electrons. The molecule has 1 fully saturated rings. The lowest BCUT2D eigenvalue weighted by molar-refractivity contribution is 0.134. The first-order valence-corrected chi connectivity index (χ1v) is 11.8. The van der Waals surface area contributed by atoms with Crippen molar-refractivity contribution >= 4 is 41.3 Å². The number of hydrogen-bond acceptors (Lipinski definition) is 4. The van der Waals surface area contributed by atoms with Crippen molar-refractivity contribution in [1.82, 2.24) is 20.5 Å². The number of aliphatic imine (C=N–C) groups is 1. The van der Waals surface area contributed by atoms with E-state index >= 15 is 0 Å². The third kappa shape index (κ3) is 6.76. The van der Waals surface area contributed by atoms with E-state index in [9.17, 15) is 0 Å². The topological polar surface area (TPSA) is 52.6 Å². The minimum absolute atomic E-state index is 0. The van der Waals surface area contributed by atoms with Crippen molar-refractivity contribution in [2.75, 3.05) is 13.6 Å². The number of aromatic nitrogens is 1. The maximum atomic E-state index is 4.76. The zero-order chi connectivity index (χ0) is 21.5. The summed E-state index contributed by atoms with van der Waals surface area (Å²) in [5, 5.41) is 10.2. The lowest BCUT2D eigenvalue weighted by Crippen LogP contribution is -2.51. The summed E-state index contributed by atoms with van der Waals surface area (Å²) in [5.74, 6) is 0.852. The van der Waals surface area contributed by atoms with Crippen LogP contribution in [0, 0.1) is 0 Å². The van der Waals surface area contributed by atoms with Gasteiger partial charge in [0.05, 0.1) is 12.2 Å². The van der Waals surface area contributed by atoms with Gasteiger partial charge in [-0.1, -0.05) is 60.7 Å². The number of nitrogens with zero attached hydrogens (tertiary/aromatic N) is 3. The number of benzene rings is 2. The minimum atomic E-state index is 0. The van der Waals surface area contributed by atoms with Crippen LogP contribution in [-0.2, 0) is 13.1 Å². The standard InChI is InChI=1S/C25H31N5S.HI/c1-19-15-22(13-14-30(19)17-20-9-5-3-6-10-20)28-25(26-2)27-16-24-29-23(18-31-24)21-11-7-4-8-12-21;/h3-12,18-19,22H,13-17H2,1-2H3,(H2,26,27,28);1H. The van der Waals surface area contributed by atoms with Crippen LogP contribution in [0.1, 0.15) is 30.3 Å². The smallest absolute Gasteiger partial charge is 0.191 e. The Bertz CT molecular complexity index is 976. The van der Waals surface area contributed by atoms with E-state index < -0.39 is 0 Å². The molecule has 32 heavy (non-hydrogen) atoms. The van der Waals surface area contributed by atoms with Crippen molar-refractivity contribution in [3.05, 3.63) is 76.6 Å². The maximum absolute atomic E-state index is 4.76. The van der Waals surface area contributed by atoms with Gasteiger partial charge in [-0.15, -0.1) is 35.3 Å². The molecule has 1 aliphatic heterocycles. The predicted octanol–water partition coefficient (Wildman–Crippen LogP) is 5.15. The van der Waals surface area contributed by atoms with Gasteiger partial charge in [-0.2, -0.15) is 0 Å². The highest BCUT2D eigenvalue weighted by atomic mass is 127. The van der Waals surface area contributed by atoms with E-state index in [0.29, 0.717) is 18.6 Å². The van der Waals surface area contributed by atoms with Crippen LogP contribution in [0.4, 0.5) is 0 Å². The summed E-state index contributed by atoms with van der Waals surface area (Å²) in [6.07, 6.45) is 2.23. The maximum Gasteiger partial charge on any atom is 0.191 e. The average molecular weight is 562 g/mol. The van der Waals surface area contributed by atoms with Crippen molar-refractivity contribution < 1.29 is 0 Å². The first kappa shape index (κ1) is 24.7. The van der Waals surface area contributed by atoms with Gasteiger partial charge < -0.3 is 10.6 Å². The largest absolute Gasteiger partial charge is 0.354 e. The van der Waals surface area contributed by atoms with Gasteiger partial charge >= 0.3 is 0 Å². The molecular weight excluding hydrogens is 529 g/mol. The van der Waals surface area contributed by atoms with Crippen molar-refractivity contribution in [2.45, 2.75) is 44.9 Å². The van der Waals surface area contributed by atoms with Crippen LogP contribution in [0.2, 0.25) is 0 Å². The summed E-state index contributed by atoms with van der Waals surface area (Å²) in [7, 11) is 1.83. The van der Waals surface area contributed by atoms with Crippen LogP contribution in [0.15, 0.2) is 71.0 Å². The second kappa shape index (κ2) is 12.3. The van der Waals surface area contributed by atoms with Crippen molar-refractivity contribution in [2.24, 2.45) is 4.99 Å². The molecule has 3 aromatic rings. The normalized spacial score (nSPS) is 19.2. The molecule has 7 heteroatoms. The molecule has 2 unspecified atom stereocenters. The minimum Gasteiger partial charge on any atom is -0.354 e. The van der Waals surface area contributed by atoms with Crippen molar-refractivity contribution in [3.8, 4) is 11.3 Å². The summed E-state index contributed by atoms with van der Waals surface area (Å²) in [5.41, 5.74) is 3.57. The molecule has 2 aromatic carbocycles. The molecule has 1 saturated heterocycles. The molecule has 0 amide bonds. The number of guanidine groups is 1. The van der Waals surface area contributed by atoms with Crippen LogP contribution in [-0.4, -0.2) is 41.5 Å². The van der Waals surface area contributed by atoms with Crippen molar-refractivity contribution in [3.63, 3.8) is 0 Å². The van der Waals surface area contributed by atoms with Gasteiger partial charge in [0.25, 0.3) is 0 Å². The highest BCUT2D eigenvalue weighted by molar-refractivity contribution is 14.0. The van der Waals surface area contributed by atoms with E-state index in [-0.39, 0.29) is 24.0 Å². The fourth-order valence-corrected chi connectivity index (χ4v) is 4.83. The monoisotopic (exact) mass is 561 g/mol. The fourth-order valence-electron chi connectivity index (χ4n) is 4.09. The predicted molar refractivity (Wildman–Crippen MR) is 146 cm³/mol. The quantitative estimate of drug-likeness (QED) is 0.249. The SMILES string of the molecule is CN=C(NCc1nc(-c2ccccc2)cs1)NC1CCN(Cc2ccccc2)C(C)C1.I. The number of piperidine rings is 1. The number of nitrogens with one attached hydrogen (secondary N) is 2. The molecule has 5 nitrogen and oxygen atoms in total. The Morgan fingerprint density at radius 1 is 1.12 bits per heavy atom. The van der Waals surface area contributed by atoms with Crippen LogP contribution < -0.4 is 10.6 Å². The zero-order valence-corrected chi connectivity index (χ0v) is 21.8. The molecule has 0 aliphatic carbocycles. The van der Waals surface area contributed by atoms with E-state index in [0.717, 1.165) is 48.2 Å². The highest BCUT2D eigenvalue weighted by Gasteiger charge is 2.26. The van der Waals surface area contributed by atoms with Gasteiger partial charge in [0.2, 0.25) is 0 Å². The van der Waals surface area contributed by atoms with E-state index in [1.165, 1.54) is 5.56 Å². The third-order valence-corrected chi connectivity index (χ3v) is 6.68. The van der Waals surface area contributed by atoms with E-state index in [1.807, 2.05) is 25.2 Å². The van der Waals surface area contributed by atoms with Gasteiger partial charge in [-0.3, -0.25) is 9.89 Å². The lowest BCUT2D eigenvalue weighted by Gasteiger charge is -2.38. The Morgan fingerprint density at radius 3 is 2.53 bits per heavy atom. The zero-order valence-electron chi connectivity index (χ0n) is 18.7. The van der Waals surface area contributed by atoms with E-state index in [1.54, 1.807) is 11.3 Å². The molecule has 4 rings (SSSR count). The third-order valence-electron chi connectivity index (χ3n) is 5.84. The van der Waals surface area contributed by atoms with Crippen LogP contribution in [0.25, 0.3) is 11.3 Å². The molecule has 0 spiro atoms. The molecule has 0 saturated carbocycles. The summed E-state index contributed by atoms with van der Waals surface area (Å²) in [4.78, 5) is 11.8. The number of rotatable bonds is 6. The first-order chi connectivity index (χ1) is 15.2. The molecule has 1 aromatic heterocycles. The Labute approximate surface area is 212 Å². The first-order valence-electron chi connectivity index (χ1n) is 11.0. The summed E-state index contributed by atoms with van der Waals surface area (Å²) in [6.45, 7) is 5.13.